The molecule has 0 bridgehead atoms. The minimum absolute atomic E-state index is 0.251. The van der Waals surface area contributed by atoms with Crippen molar-refractivity contribution in [3.63, 3.8) is 0 Å². The summed E-state index contributed by atoms with van der Waals surface area (Å²) in [6, 6.07) is 3.23. The van der Waals surface area contributed by atoms with Crippen LogP contribution in [0.3, 0.4) is 0 Å². The van der Waals surface area contributed by atoms with Crippen LogP contribution in [0.2, 0.25) is 0 Å². The van der Waals surface area contributed by atoms with Crippen LogP contribution in [0.1, 0.15) is 12.0 Å². The minimum Gasteiger partial charge on any atom is -0.507 e. The predicted octanol–water partition coefficient (Wildman–Crippen LogP) is 2.96. The topological polar surface area (TPSA) is 29.5 Å². The van der Waals surface area contributed by atoms with Crippen LogP contribution in [0.4, 0.5) is 13.2 Å². The number of aromatic hydroxyl groups is 1. The molecule has 0 aliphatic carbocycles. The standard InChI is InChI=1S/C11H9F3O2S/c12-11(13,14)16-9-5-4-8(10(15)7-9)3-1-2-6-17/h4-5,7,15,17H,2,6H2. The number of phenols is 1. The number of phenolic OH excluding ortho intramolecular Hbond substituents is 1. The summed E-state index contributed by atoms with van der Waals surface area (Å²) in [7, 11) is 0. The van der Waals surface area contributed by atoms with Gasteiger partial charge >= 0.3 is 6.36 Å². The van der Waals surface area contributed by atoms with Gasteiger partial charge in [-0.1, -0.05) is 11.8 Å². The molecule has 0 radical (unpaired) electrons. The van der Waals surface area contributed by atoms with Gasteiger partial charge in [0.25, 0.3) is 0 Å². The quantitative estimate of drug-likeness (QED) is 0.634. The lowest BCUT2D eigenvalue weighted by molar-refractivity contribution is -0.274. The van der Waals surface area contributed by atoms with E-state index in [0.29, 0.717) is 12.2 Å². The second-order valence-corrected chi connectivity index (χ2v) is 3.45. The van der Waals surface area contributed by atoms with Crippen molar-refractivity contribution in [1.29, 1.82) is 0 Å². The molecule has 0 aromatic heterocycles. The third kappa shape index (κ3) is 4.91. The Morgan fingerprint density at radius 3 is 2.59 bits per heavy atom. The predicted molar refractivity (Wildman–Crippen MR) is 60.1 cm³/mol. The van der Waals surface area contributed by atoms with Crippen molar-refractivity contribution in [2.45, 2.75) is 12.8 Å². The Morgan fingerprint density at radius 2 is 2.06 bits per heavy atom. The summed E-state index contributed by atoms with van der Waals surface area (Å²) in [6.45, 7) is 0. The van der Waals surface area contributed by atoms with Crippen LogP contribution in [-0.2, 0) is 0 Å². The fraction of sp³-hybridized carbons (Fsp3) is 0.273. The molecule has 0 saturated carbocycles. The monoisotopic (exact) mass is 262 g/mol. The molecule has 1 aromatic carbocycles. The van der Waals surface area contributed by atoms with Crippen LogP contribution in [0.5, 0.6) is 11.5 Å². The van der Waals surface area contributed by atoms with Gasteiger partial charge in [-0.3, -0.25) is 0 Å². The Kier molecular flexibility index (Phi) is 4.58. The maximum atomic E-state index is 11.9. The van der Waals surface area contributed by atoms with Gasteiger partial charge in [0, 0.05) is 18.2 Å². The largest absolute Gasteiger partial charge is 0.573 e. The number of halogens is 3. The number of benzene rings is 1. The molecular weight excluding hydrogens is 253 g/mol. The summed E-state index contributed by atoms with van der Waals surface area (Å²) in [5.41, 5.74) is 0.251. The van der Waals surface area contributed by atoms with Gasteiger partial charge in [-0.05, 0) is 12.1 Å². The van der Waals surface area contributed by atoms with Crippen LogP contribution in [0.25, 0.3) is 0 Å². The lowest BCUT2D eigenvalue weighted by Crippen LogP contribution is -2.17. The van der Waals surface area contributed by atoms with Gasteiger partial charge in [0.2, 0.25) is 0 Å². The average molecular weight is 262 g/mol. The first-order chi connectivity index (χ1) is 7.92. The molecule has 17 heavy (non-hydrogen) atoms. The van der Waals surface area contributed by atoms with E-state index in [9.17, 15) is 18.3 Å². The number of hydrogen-bond donors (Lipinski definition) is 2. The van der Waals surface area contributed by atoms with E-state index in [2.05, 4.69) is 29.2 Å². The smallest absolute Gasteiger partial charge is 0.507 e. The molecular formula is C11H9F3O2S. The number of ether oxygens (including phenoxy) is 1. The first-order valence-electron chi connectivity index (χ1n) is 4.61. The normalized spacial score (nSPS) is 10.6. The van der Waals surface area contributed by atoms with E-state index < -0.39 is 12.1 Å². The van der Waals surface area contributed by atoms with Crippen LogP contribution in [-0.4, -0.2) is 17.2 Å². The fourth-order valence-electron chi connectivity index (χ4n) is 1.03. The van der Waals surface area contributed by atoms with Gasteiger partial charge in [-0.2, -0.15) is 12.6 Å². The van der Waals surface area contributed by atoms with E-state index >= 15 is 0 Å². The van der Waals surface area contributed by atoms with E-state index in [-0.39, 0.29) is 11.3 Å². The van der Waals surface area contributed by atoms with E-state index in [0.717, 1.165) is 12.1 Å². The summed E-state index contributed by atoms with van der Waals surface area (Å²) in [5, 5.41) is 9.42. The van der Waals surface area contributed by atoms with Crippen molar-refractivity contribution >= 4 is 12.6 Å². The molecule has 0 unspecified atom stereocenters. The van der Waals surface area contributed by atoms with E-state index in [4.69, 9.17) is 0 Å². The molecule has 0 spiro atoms. The van der Waals surface area contributed by atoms with E-state index in [1.165, 1.54) is 6.07 Å². The lowest BCUT2D eigenvalue weighted by Gasteiger charge is -2.09. The van der Waals surface area contributed by atoms with E-state index in [1.807, 2.05) is 0 Å². The summed E-state index contributed by atoms with van der Waals surface area (Å²) >= 11 is 3.95. The molecule has 1 aromatic rings. The molecule has 1 rings (SSSR count). The molecule has 92 valence electrons. The first-order valence-corrected chi connectivity index (χ1v) is 5.24. The molecule has 0 aliphatic rings. The van der Waals surface area contributed by atoms with Crippen molar-refractivity contribution in [1.82, 2.24) is 0 Å². The highest BCUT2D eigenvalue weighted by Crippen LogP contribution is 2.27. The molecule has 1 N–H and O–H groups in total. The van der Waals surface area contributed by atoms with Gasteiger partial charge in [-0.25, -0.2) is 0 Å². The molecule has 0 amide bonds. The number of alkyl halides is 3. The molecule has 0 atom stereocenters. The summed E-state index contributed by atoms with van der Waals surface area (Å²) in [6.07, 6.45) is -4.24. The Bertz CT molecular complexity index is 446. The summed E-state index contributed by atoms with van der Waals surface area (Å²) in [4.78, 5) is 0. The van der Waals surface area contributed by atoms with Gasteiger partial charge in [0.15, 0.2) is 0 Å². The zero-order valence-corrected chi connectivity index (χ0v) is 9.48. The van der Waals surface area contributed by atoms with Crippen molar-refractivity contribution in [2.24, 2.45) is 0 Å². The van der Waals surface area contributed by atoms with Gasteiger partial charge in [0.05, 0.1) is 5.56 Å². The zero-order chi connectivity index (χ0) is 12.9. The Labute approximate surface area is 102 Å². The second-order valence-electron chi connectivity index (χ2n) is 3.00. The Morgan fingerprint density at radius 1 is 1.35 bits per heavy atom. The van der Waals surface area contributed by atoms with Crippen LogP contribution in [0.15, 0.2) is 18.2 Å². The van der Waals surface area contributed by atoms with Crippen LogP contribution < -0.4 is 4.74 Å². The molecule has 0 fully saturated rings. The maximum absolute atomic E-state index is 11.9. The Balaban J connectivity index is 2.84. The fourth-order valence-corrected chi connectivity index (χ4v) is 1.14. The summed E-state index contributed by atoms with van der Waals surface area (Å²) < 4.78 is 39.3. The van der Waals surface area contributed by atoms with Gasteiger partial charge in [0.1, 0.15) is 11.5 Å². The molecule has 0 aliphatic heterocycles. The van der Waals surface area contributed by atoms with Crippen molar-refractivity contribution < 1.29 is 23.0 Å². The zero-order valence-electron chi connectivity index (χ0n) is 8.58. The highest BCUT2D eigenvalue weighted by Gasteiger charge is 2.31. The SMILES string of the molecule is Oc1cc(OC(F)(F)F)ccc1C#CCCS. The third-order valence-electron chi connectivity index (χ3n) is 1.66. The maximum Gasteiger partial charge on any atom is 0.573 e. The second kappa shape index (κ2) is 5.73. The minimum atomic E-state index is -4.77. The molecule has 2 nitrogen and oxygen atoms in total. The molecule has 0 heterocycles. The first kappa shape index (κ1) is 13.6. The average Bonchev–Trinajstić information content (AvgIpc) is 2.19. The summed E-state index contributed by atoms with van der Waals surface area (Å²) in [5.74, 6) is 5.08. The Hall–Kier alpha value is -1.48. The van der Waals surface area contributed by atoms with Gasteiger partial charge < -0.3 is 9.84 Å². The molecule has 0 saturated heterocycles. The molecule has 6 heteroatoms. The number of thiol groups is 1. The third-order valence-corrected chi connectivity index (χ3v) is 1.89. The van der Waals surface area contributed by atoms with Gasteiger partial charge in [-0.15, -0.1) is 13.2 Å². The highest BCUT2D eigenvalue weighted by atomic mass is 32.1. The highest BCUT2D eigenvalue weighted by molar-refractivity contribution is 7.80. The lowest BCUT2D eigenvalue weighted by atomic mass is 10.2. The van der Waals surface area contributed by atoms with Crippen LogP contribution >= 0.6 is 12.6 Å². The van der Waals surface area contributed by atoms with Crippen LogP contribution in [0, 0.1) is 11.8 Å². The van der Waals surface area contributed by atoms with E-state index in [1.54, 1.807) is 0 Å². The van der Waals surface area contributed by atoms with Crippen molar-refractivity contribution in [3.8, 4) is 23.3 Å². The number of rotatable bonds is 2. The number of hydrogen-bond acceptors (Lipinski definition) is 3. The van der Waals surface area contributed by atoms with Crippen molar-refractivity contribution in [3.05, 3.63) is 23.8 Å². The van der Waals surface area contributed by atoms with Crippen molar-refractivity contribution in [2.75, 3.05) is 5.75 Å².